The molecule has 0 aliphatic rings. The summed E-state index contributed by atoms with van der Waals surface area (Å²) >= 11 is 2.58. The molecule has 2 aromatic heterocycles. The maximum absolute atomic E-state index is 13.4. The second-order valence-corrected chi connectivity index (χ2v) is 11.0. The van der Waals surface area contributed by atoms with E-state index in [-0.39, 0.29) is 17.3 Å². The molecule has 7 heteroatoms. The van der Waals surface area contributed by atoms with E-state index in [0.717, 1.165) is 55.6 Å². The van der Waals surface area contributed by atoms with Crippen molar-refractivity contribution < 1.29 is 12.8 Å². The molecule has 0 saturated heterocycles. The van der Waals surface area contributed by atoms with E-state index < -0.39 is 10.0 Å². The van der Waals surface area contributed by atoms with Gasteiger partial charge in [0.15, 0.2) is 0 Å². The molecule has 0 atom stereocenters. The van der Waals surface area contributed by atoms with Crippen LogP contribution in [0.5, 0.6) is 0 Å². The van der Waals surface area contributed by atoms with Crippen LogP contribution < -0.4 is 0 Å². The van der Waals surface area contributed by atoms with Gasteiger partial charge in [-0.05, 0) is 0 Å². The van der Waals surface area contributed by atoms with Crippen molar-refractivity contribution >= 4 is 72.1 Å². The Morgan fingerprint density at radius 2 is 1.54 bits per heavy atom. The van der Waals surface area contributed by atoms with Crippen LogP contribution in [0.4, 0.5) is 0 Å². The summed E-state index contributed by atoms with van der Waals surface area (Å²) in [5.41, 5.74) is 5.38. The third kappa shape index (κ3) is 3.88. The topological polar surface area (TPSA) is 52.2 Å². The number of rotatable bonds is 5. The molecule has 35 heavy (non-hydrogen) atoms. The number of aryl methyl sites for hydroxylation is 1. The SMILES string of the molecule is Cl.O=S(=O)(c1ccccc1)n1cc(CC[As])c2cc(-c3cccc4c3oc3ccccc34)ccc21. The van der Waals surface area contributed by atoms with E-state index in [4.69, 9.17) is 4.42 Å². The van der Waals surface area contributed by atoms with Gasteiger partial charge in [-0.1, -0.05) is 0 Å². The molecule has 2 heterocycles. The van der Waals surface area contributed by atoms with Crippen LogP contribution in [0.3, 0.4) is 0 Å². The molecule has 0 aliphatic carbocycles. The fourth-order valence-corrected chi connectivity index (χ4v) is 6.55. The third-order valence-electron chi connectivity index (χ3n) is 6.25. The van der Waals surface area contributed by atoms with Crippen molar-refractivity contribution in [2.45, 2.75) is 16.5 Å². The van der Waals surface area contributed by atoms with E-state index in [1.807, 2.05) is 42.5 Å². The molecule has 6 rings (SSSR count). The van der Waals surface area contributed by atoms with E-state index >= 15 is 0 Å². The Labute approximate surface area is 218 Å². The summed E-state index contributed by atoms with van der Waals surface area (Å²) in [6.07, 6.45) is 2.54. The number of hydrogen-bond donors (Lipinski definition) is 0. The first-order chi connectivity index (χ1) is 16.6. The number of benzene rings is 4. The van der Waals surface area contributed by atoms with Crippen LogP contribution in [-0.2, 0) is 16.4 Å². The molecule has 174 valence electrons. The first-order valence-electron chi connectivity index (χ1n) is 11.0. The number of halogens is 1. The fraction of sp³-hybridized carbons (Fsp3) is 0.0714. The minimum absolute atomic E-state index is 0. The second kappa shape index (κ2) is 9.23. The summed E-state index contributed by atoms with van der Waals surface area (Å²) in [4.78, 5) is 0.279. The van der Waals surface area contributed by atoms with Crippen molar-refractivity contribution in [1.29, 1.82) is 0 Å². The van der Waals surface area contributed by atoms with E-state index in [0.29, 0.717) is 5.52 Å². The van der Waals surface area contributed by atoms with E-state index in [2.05, 4.69) is 41.1 Å². The standard InChI is InChI=1S/C28H20AsNO3S.ClH/c29-16-15-20-18-30(34(31,32)21-7-2-1-3-8-21)26-14-13-19(17-25(20)26)22-10-6-11-24-23-9-4-5-12-27(23)33-28(22)24;/h1-14,17-18H,15-16H2;1H. The zero-order valence-electron chi connectivity index (χ0n) is 18.6. The maximum atomic E-state index is 13.4. The molecular formula is C28H21AsClNO3S. The molecule has 0 saturated carbocycles. The van der Waals surface area contributed by atoms with Crippen LogP contribution in [-0.4, -0.2) is 29.2 Å². The van der Waals surface area contributed by atoms with Crippen LogP contribution in [0, 0.1) is 0 Å². The molecule has 0 N–H and O–H groups in total. The average molecular weight is 562 g/mol. The van der Waals surface area contributed by atoms with Gasteiger partial charge in [0.1, 0.15) is 0 Å². The van der Waals surface area contributed by atoms with Crippen molar-refractivity contribution in [2.75, 3.05) is 0 Å². The summed E-state index contributed by atoms with van der Waals surface area (Å²) < 4.78 is 34.5. The quantitative estimate of drug-likeness (QED) is 0.213. The van der Waals surface area contributed by atoms with Crippen LogP contribution in [0.2, 0.25) is 5.21 Å². The van der Waals surface area contributed by atoms with Crippen molar-refractivity contribution in [3.8, 4) is 11.1 Å². The molecule has 0 amide bonds. The normalized spacial score (nSPS) is 11.8. The molecule has 0 aliphatic heterocycles. The van der Waals surface area contributed by atoms with Crippen LogP contribution in [0.25, 0.3) is 44.0 Å². The molecule has 2 radical (unpaired) electrons. The summed E-state index contributed by atoms with van der Waals surface area (Å²) in [6, 6.07) is 28.8. The van der Waals surface area contributed by atoms with Crippen molar-refractivity contribution in [1.82, 2.24) is 3.97 Å². The molecule has 0 bridgehead atoms. The average Bonchev–Trinajstić information content (AvgIpc) is 3.43. The Bertz CT molecular complexity index is 1790. The Kier molecular flexibility index (Phi) is 6.26. The van der Waals surface area contributed by atoms with Gasteiger partial charge in [-0.2, -0.15) is 0 Å². The number of para-hydroxylation sites is 2. The first-order valence-corrected chi connectivity index (χ1v) is 13.8. The van der Waals surface area contributed by atoms with E-state index in [9.17, 15) is 8.42 Å². The van der Waals surface area contributed by atoms with E-state index in [1.54, 1.807) is 30.5 Å². The van der Waals surface area contributed by atoms with Gasteiger partial charge in [0.05, 0.1) is 0 Å². The van der Waals surface area contributed by atoms with Crippen molar-refractivity contribution in [3.05, 3.63) is 103 Å². The fourth-order valence-electron chi connectivity index (χ4n) is 4.63. The van der Waals surface area contributed by atoms with Gasteiger partial charge in [0, 0.05) is 0 Å². The number of aromatic nitrogens is 1. The first kappa shape index (κ1) is 23.7. The second-order valence-electron chi connectivity index (χ2n) is 8.25. The number of fused-ring (bicyclic) bond motifs is 4. The molecule has 0 fully saturated rings. The monoisotopic (exact) mass is 561 g/mol. The van der Waals surface area contributed by atoms with Crippen LogP contribution in [0.1, 0.15) is 5.56 Å². The van der Waals surface area contributed by atoms with Gasteiger partial charge < -0.3 is 0 Å². The Balaban J connectivity index is 0.00000253. The van der Waals surface area contributed by atoms with Gasteiger partial charge in [-0.3, -0.25) is 0 Å². The van der Waals surface area contributed by atoms with Crippen LogP contribution >= 0.6 is 12.4 Å². The van der Waals surface area contributed by atoms with Gasteiger partial charge in [0.2, 0.25) is 0 Å². The predicted molar refractivity (Wildman–Crippen MR) is 145 cm³/mol. The Hall–Kier alpha value is -2.98. The molecule has 6 aromatic rings. The van der Waals surface area contributed by atoms with Gasteiger partial charge in [-0.15, -0.1) is 12.4 Å². The van der Waals surface area contributed by atoms with Crippen molar-refractivity contribution in [2.24, 2.45) is 0 Å². The summed E-state index contributed by atoms with van der Waals surface area (Å²) in [6.45, 7) is 0. The van der Waals surface area contributed by atoms with Gasteiger partial charge in [-0.25, -0.2) is 0 Å². The molecule has 0 spiro atoms. The summed E-state index contributed by atoms with van der Waals surface area (Å²) in [7, 11) is -3.70. The number of hydrogen-bond acceptors (Lipinski definition) is 3. The van der Waals surface area contributed by atoms with Gasteiger partial charge >= 0.3 is 207 Å². The van der Waals surface area contributed by atoms with E-state index in [1.165, 1.54) is 3.97 Å². The number of furan rings is 1. The summed E-state index contributed by atoms with van der Waals surface area (Å²) in [5, 5.41) is 3.96. The minimum atomic E-state index is -3.70. The third-order valence-corrected chi connectivity index (χ3v) is 8.41. The Morgan fingerprint density at radius 3 is 2.34 bits per heavy atom. The molecule has 4 aromatic carbocycles. The zero-order valence-corrected chi connectivity index (χ0v) is 22.1. The molecular weight excluding hydrogens is 541 g/mol. The van der Waals surface area contributed by atoms with Crippen molar-refractivity contribution in [3.63, 3.8) is 0 Å². The predicted octanol–water partition coefficient (Wildman–Crippen LogP) is 7.00. The Morgan fingerprint density at radius 1 is 0.800 bits per heavy atom. The zero-order chi connectivity index (χ0) is 23.3. The van der Waals surface area contributed by atoms with Crippen LogP contribution in [0.15, 0.2) is 107 Å². The van der Waals surface area contributed by atoms with Gasteiger partial charge in [0.25, 0.3) is 0 Å². The summed E-state index contributed by atoms with van der Waals surface area (Å²) in [5.74, 6) is 0. The number of nitrogens with zero attached hydrogens (tertiary/aromatic N) is 1. The molecule has 0 unspecified atom stereocenters. The molecule has 4 nitrogen and oxygen atoms in total.